The Hall–Kier alpha value is -1.32. The van der Waals surface area contributed by atoms with Crippen LogP contribution in [0.2, 0.25) is 0 Å². The summed E-state index contributed by atoms with van der Waals surface area (Å²) in [5.41, 5.74) is 1.06. The first-order valence-corrected chi connectivity index (χ1v) is 6.65. The third-order valence-electron chi connectivity index (χ3n) is 2.04. The maximum Gasteiger partial charge on any atom is 0.235 e. The van der Waals surface area contributed by atoms with Gasteiger partial charge in [-0.25, -0.2) is 0 Å². The molecule has 6 heteroatoms. The van der Waals surface area contributed by atoms with E-state index < -0.39 is 4.92 Å². The van der Waals surface area contributed by atoms with Crippen molar-refractivity contribution in [3.05, 3.63) is 49.3 Å². The smallest absolute Gasteiger partial charge is 0.235 e. The maximum absolute atomic E-state index is 10.5. The molecule has 0 saturated carbocycles. The molecule has 0 aliphatic heterocycles. The van der Waals surface area contributed by atoms with E-state index in [9.17, 15) is 10.1 Å². The van der Waals surface area contributed by atoms with E-state index in [0.29, 0.717) is 16.0 Å². The van der Waals surface area contributed by atoms with Gasteiger partial charge in [-0.1, -0.05) is 28.1 Å². The van der Waals surface area contributed by atoms with Crippen molar-refractivity contribution in [2.75, 3.05) is 12.8 Å². The maximum atomic E-state index is 10.5. The molecule has 4 nitrogen and oxygen atoms in total. The monoisotopic (exact) mass is 312 g/mol. The van der Waals surface area contributed by atoms with Gasteiger partial charge in [-0.2, -0.15) is 5.26 Å². The average molecular weight is 313 g/mol. The first-order valence-electron chi connectivity index (χ1n) is 4.63. The number of nitriles is 1. The van der Waals surface area contributed by atoms with Crippen LogP contribution in [0.5, 0.6) is 0 Å². The van der Waals surface area contributed by atoms with Crippen molar-refractivity contribution in [3.8, 4) is 6.07 Å². The van der Waals surface area contributed by atoms with Gasteiger partial charge in [0.05, 0.1) is 10.5 Å². The number of thioether (sulfide) groups is 1. The van der Waals surface area contributed by atoms with Crippen molar-refractivity contribution in [2.45, 2.75) is 0 Å². The predicted molar refractivity (Wildman–Crippen MR) is 72.1 cm³/mol. The SMILES string of the molecule is CS/C(C[N+](=O)[O-])=C(\C#N)c1ccc(Br)cc1. The highest BCUT2D eigenvalue weighted by molar-refractivity contribution is 9.10. The molecular formula is C11H9BrN2O2S. The number of halogens is 1. The summed E-state index contributed by atoms with van der Waals surface area (Å²) in [7, 11) is 0. The molecule has 1 rings (SSSR count). The number of hydrogen-bond donors (Lipinski definition) is 0. The summed E-state index contributed by atoms with van der Waals surface area (Å²) in [5, 5.41) is 19.6. The number of hydrogen-bond acceptors (Lipinski definition) is 4. The van der Waals surface area contributed by atoms with Crippen molar-refractivity contribution < 1.29 is 4.92 Å². The lowest BCUT2D eigenvalue weighted by Crippen LogP contribution is -2.03. The molecule has 0 heterocycles. The fourth-order valence-corrected chi connectivity index (χ4v) is 2.13. The number of rotatable bonds is 4. The third-order valence-corrected chi connectivity index (χ3v) is 3.40. The van der Waals surface area contributed by atoms with E-state index in [-0.39, 0.29) is 6.54 Å². The van der Waals surface area contributed by atoms with Crippen LogP contribution in [0.4, 0.5) is 0 Å². The van der Waals surface area contributed by atoms with Crippen LogP contribution in [0.3, 0.4) is 0 Å². The largest absolute Gasteiger partial charge is 0.264 e. The Labute approximate surface area is 112 Å². The topological polar surface area (TPSA) is 66.9 Å². The van der Waals surface area contributed by atoms with Crippen LogP contribution in [-0.4, -0.2) is 17.7 Å². The average Bonchev–Trinajstić information content (AvgIpc) is 2.30. The molecule has 0 radical (unpaired) electrons. The summed E-state index contributed by atoms with van der Waals surface area (Å²) >= 11 is 4.53. The molecule has 0 amide bonds. The molecule has 0 N–H and O–H groups in total. The highest BCUT2D eigenvalue weighted by atomic mass is 79.9. The Morgan fingerprint density at radius 2 is 2.12 bits per heavy atom. The quantitative estimate of drug-likeness (QED) is 0.486. The van der Waals surface area contributed by atoms with Gasteiger partial charge < -0.3 is 0 Å². The first-order chi connectivity index (χ1) is 8.08. The lowest BCUT2D eigenvalue weighted by Gasteiger charge is -2.04. The number of nitrogens with zero attached hydrogens (tertiary/aromatic N) is 2. The van der Waals surface area contributed by atoms with Gasteiger partial charge in [0.15, 0.2) is 0 Å². The van der Waals surface area contributed by atoms with Gasteiger partial charge in [-0.3, -0.25) is 10.1 Å². The Kier molecular flexibility index (Phi) is 5.19. The van der Waals surface area contributed by atoms with Gasteiger partial charge in [-0.05, 0) is 24.0 Å². The molecule has 0 aliphatic carbocycles. The third kappa shape index (κ3) is 3.88. The first kappa shape index (κ1) is 13.7. The zero-order chi connectivity index (χ0) is 12.8. The van der Waals surface area contributed by atoms with Gasteiger partial charge in [0.25, 0.3) is 0 Å². The van der Waals surface area contributed by atoms with Crippen molar-refractivity contribution >= 4 is 33.3 Å². The van der Waals surface area contributed by atoms with Gasteiger partial charge in [0, 0.05) is 9.40 Å². The predicted octanol–water partition coefficient (Wildman–Crippen LogP) is 3.32. The molecule has 17 heavy (non-hydrogen) atoms. The zero-order valence-corrected chi connectivity index (χ0v) is 11.4. The second-order valence-corrected chi connectivity index (χ2v) is 4.93. The number of allylic oxidation sites excluding steroid dienone is 1. The van der Waals surface area contributed by atoms with Crippen molar-refractivity contribution in [2.24, 2.45) is 0 Å². The molecule has 0 fully saturated rings. The highest BCUT2D eigenvalue weighted by Crippen LogP contribution is 2.26. The Morgan fingerprint density at radius 3 is 2.53 bits per heavy atom. The fraction of sp³-hybridized carbons (Fsp3) is 0.182. The molecule has 88 valence electrons. The number of nitro groups is 1. The van der Waals surface area contributed by atoms with Crippen LogP contribution in [0.1, 0.15) is 5.56 Å². The molecule has 0 spiro atoms. The van der Waals surface area contributed by atoms with Crippen LogP contribution < -0.4 is 0 Å². The lowest BCUT2D eigenvalue weighted by atomic mass is 10.1. The molecule has 1 aromatic rings. The summed E-state index contributed by atoms with van der Waals surface area (Å²) in [4.78, 5) is 10.6. The van der Waals surface area contributed by atoms with Crippen LogP contribution in [0.15, 0.2) is 33.6 Å². The van der Waals surface area contributed by atoms with E-state index in [2.05, 4.69) is 15.9 Å². The summed E-state index contributed by atoms with van der Waals surface area (Å²) in [6.07, 6.45) is 1.73. The Balaban J connectivity index is 3.20. The summed E-state index contributed by atoms with van der Waals surface area (Å²) < 4.78 is 0.901. The van der Waals surface area contributed by atoms with Crippen molar-refractivity contribution in [3.63, 3.8) is 0 Å². The zero-order valence-electron chi connectivity index (χ0n) is 9.01. The fourth-order valence-electron chi connectivity index (χ4n) is 1.27. The summed E-state index contributed by atoms with van der Waals surface area (Å²) in [6, 6.07) is 9.16. The summed E-state index contributed by atoms with van der Waals surface area (Å²) in [5.74, 6) is 0. The molecule has 0 aromatic heterocycles. The Bertz CT molecular complexity index is 491. The van der Waals surface area contributed by atoms with E-state index in [1.807, 2.05) is 6.07 Å². The van der Waals surface area contributed by atoms with Crippen LogP contribution >= 0.6 is 27.7 Å². The van der Waals surface area contributed by atoms with Crippen molar-refractivity contribution in [1.82, 2.24) is 0 Å². The van der Waals surface area contributed by atoms with Gasteiger partial charge in [0.1, 0.15) is 6.07 Å². The molecule has 0 atom stereocenters. The molecule has 0 aliphatic rings. The molecule has 0 bridgehead atoms. The normalized spacial score (nSPS) is 11.6. The van der Waals surface area contributed by atoms with E-state index in [1.54, 1.807) is 30.5 Å². The molecule has 1 aromatic carbocycles. The highest BCUT2D eigenvalue weighted by Gasteiger charge is 2.13. The standard InChI is InChI=1S/C11H9BrN2O2S/c1-17-11(7-14(15)16)10(6-13)8-2-4-9(12)5-3-8/h2-5H,7H2,1H3/b11-10+. The molecule has 0 unspecified atom stereocenters. The van der Waals surface area contributed by atoms with Crippen LogP contribution in [-0.2, 0) is 0 Å². The second kappa shape index (κ2) is 6.42. The van der Waals surface area contributed by atoms with Crippen LogP contribution in [0, 0.1) is 21.4 Å². The van der Waals surface area contributed by atoms with E-state index in [1.165, 1.54) is 11.8 Å². The van der Waals surface area contributed by atoms with Gasteiger partial charge in [0.2, 0.25) is 6.54 Å². The number of benzene rings is 1. The Morgan fingerprint density at radius 1 is 1.53 bits per heavy atom. The van der Waals surface area contributed by atoms with E-state index in [4.69, 9.17) is 5.26 Å². The summed E-state index contributed by atoms with van der Waals surface area (Å²) in [6.45, 7) is -0.319. The molecular weight excluding hydrogens is 304 g/mol. The minimum Gasteiger partial charge on any atom is -0.264 e. The van der Waals surface area contributed by atoms with Crippen molar-refractivity contribution in [1.29, 1.82) is 5.26 Å². The van der Waals surface area contributed by atoms with E-state index in [0.717, 1.165) is 4.47 Å². The second-order valence-electron chi connectivity index (χ2n) is 3.11. The minimum atomic E-state index is -0.429. The minimum absolute atomic E-state index is 0.319. The van der Waals surface area contributed by atoms with Gasteiger partial charge >= 0.3 is 0 Å². The molecule has 0 saturated heterocycles. The van der Waals surface area contributed by atoms with Gasteiger partial charge in [-0.15, -0.1) is 11.8 Å². The van der Waals surface area contributed by atoms with Crippen LogP contribution in [0.25, 0.3) is 5.57 Å². The lowest BCUT2D eigenvalue weighted by molar-refractivity contribution is -0.469. The van der Waals surface area contributed by atoms with E-state index >= 15 is 0 Å².